The molecule has 0 radical (unpaired) electrons. The van der Waals surface area contributed by atoms with E-state index in [1.54, 1.807) is 9.58 Å². The number of carbonyl (C=O) groups excluding carboxylic acids is 1. The number of hydrogen-bond donors (Lipinski definition) is 0. The molecule has 1 saturated heterocycles. The lowest BCUT2D eigenvalue weighted by molar-refractivity contribution is -0.0365. The number of hydrogen-bond acceptors (Lipinski definition) is 7. The van der Waals surface area contributed by atoms with Gasteiger partial charge in [-0.3, -0.25) is 9.67 Å². The largest absolute Gasteiger partial charge is 0.444 e. The summed E-state index contributed by atoms with van der Waals surface area (Å²) in [6.07, 6.45) is 11.1. The third kappa shape index (κ3) is 5.36. The van der Waals surface area contributed by atoms with Crippen LogP contribution < -0.4 is 0 Å². The molecule has 0 aliphatic carbocycles. The molecule has 2 aliphatic rings. The summed E-state index contributed by atoms with van der Waals surface area (Å²) in [7, 11) is 1.90. The quantitative estimate of drug-likeness (QED) is 0.331. The lowest BCUT2D eigenvalue weighted by Crippen LogP contribution is -2.39. The summed E-state index contributed by atoms with van der Waals surface area (Å²) in [6.45, 7) is 7.45. The van der Waals surface area contributed by atoms with Crippen molar-refractivity contribution in [2.24, 2.45) is 7.05 Å². The van der Waals surface area contributed by atoms with Crippen molar-refractivity contribution in [1.82, 2.24) is 34.4 Å². The third-order valence-corrected chi connectivity index (χ3v) is 7.20. The van der Waals surface area contributed by atoms with Gasteiger partial charge in [0.25, 0.3) is 0 Å². The van der Waals surface area contributed by atoms with Crippen molar-refractivity contribution < 1.29 is 14.3 Å². The molecule has 4 aromatic heterocycles. The third-order valence-electron chi connectivity index (χ3n) is 7.20. The number of carbonyl (C=O) groups is 1. The summed E-state index contributed by atoms with van der Waals surface area (Å²) < 4.78 is 15.4. The molecule has 4 aromatic rings. The van der Waals surface area contributed by atoms with Crippen molar-refractivity contribution in [3.8, 4) is 22.6 Å². The summed E-state index contributed by atoms with van der Waals surface area (Å²) in [6, 6.07) is 8.10. The molecule has 0 N–H and O–H groups in total. The van der Waals surface area contributed by atoms with Gasteiger partial charge in [-0.1, -0.05) is 12.1 Å². The van der Waals surface area contributed by atoms with E-state index < -0.39 is 5.60 Å². The number of aromatic nitrogens is 6. The average molecular weight is 542 g/mol. The maximum Gasteiger partial charge on any atom is 0.410 e. The van der Waals surface area contributed by atoms with Crippen LogP contribution in [0, 0.1) is 0 Å². The first-order valence-electron chi connectivity index (χ1n) is 13.9. The Hall–Kier alpha value is -4.05. The van der Waals surface area contributed by atoms with Crippen molar-refractivity contribution in [2.45, 2.75) is 58.3 Å². The van der Waals surface area contributed by atoms with E-state index in [0.717, 1.165) is 70.7 Å². The molecule has 1 fully saturated rings. The number of amides is 1. The van der Waals surface area contributed by atoms with Gasteiger partial charge in [0, 0.05) is 43.9 Å². The van der Waals surface area contributed by atoms with E-state index in [2.05, 4.69) is 17.2 Å². The van der Waals surface area contributed by atoms with E-state index in [1.807, 2.05) is 69.3 Å². The predicted molar refractivity (Wildman–Crippen MR) is 152 cm³/mol. The Balaban J connectivity index is 1.35. The number of rotatable bonds is 4. The molecule has 0 saturated carbocycles. The highest BCUT2D eigenvalue weighted by Crippen LogP contribution is 2.34. The minimum absolute atomic E-state index is 0.126. The molecule has 2 aliphatic heterocycles. The van der Waals surface area contributed by atoms with Crippen LogP contribution in [0.5, 0.6) is 0 Å². The van der Waals surface area contributed by atoms with Crippen LogP contribution in [-0.4, -0.2) is 65.8 Å². The normalized spacial score (nSPS) is 18.1. The summed E-state index contributed by atoms with van der Waals surface area (Å²) in [5, 5.41) is 10.3. The number of fused-ring (bicyclic) bond motifs is 1. The molecule has 208 valence electrons. The zero-order valence-corrected chi connectivity index (χ0v) is 23.5. The molecular weight excluding hydrogens is 506 g/mol. The summed E-state index contributed by atoms with van der Waals surface area (Å²) in [4.78, 5) is 24.0. The van der Waals surface area contributed by atoms with Crippen molar-refractivity contribution >= 4 is 22.6 Å². The Morgan fingerprint density at radius 2 is 1.98 bits per heavy atom. The van der Waals surface area contributed by atoms with Crippen LogP contribution in [0.3, 0.4) is 0 Å². The van der Waals surface area contributed by atoms with E-state index in [9.17, 15) is 4.79 Å². The van der Waals surface area contributed by atoms with E-state index >= 15 is 0 Å². The van der Waals surface area contributed by atoms with Crippen LogP contribution in [0.2, 0.25) is 0 Å². The number of aryl methyl sites for hydroxylation is 1. The first-order valence-corrected chi connectivity index (χ1v) is 13.9. The minimum Gasteiger partial charge on any atom is -0.444 e. The van der Waals surface area contributed by atoms with Gasteiger partial charge in [-0.05, 0) is 70.2 Å². The number of ether oxygens (including phenoxy) is 2. The first-order chi connectivity index (χ1) is 19.2. The standard InChI is InChI=1S/C30H35N7O3/c1-30(2,3)40-29(38)36-13-11-20(12-14-36)23-8-7-9-24(33-23)28-22-16-25(21-17-32-35(4)19-21)31-18-26(22)37(34-28)27-10-5-6-15-39-27/h7-9,11,16-19,27H,5-6,10,12-15H2,1-4H3. The topological polar surface area (TPSA) is 100 Å². The zero-order chi connectivity index (χ0) is 27.9. The lowest BCUT2D eigenvalue weighted by atomic mass is 10.0. The first kappa shape index (κ1) is 26.2. The van der Waals surface area contributed by atoms with Crippen LogP contribution in [-0.2, 0) is 16.5 Å². The fourth-order valence-electron chi connectivity index (χ4n) is 5.21. The van der Waals surface area contributed by atoms with Crippen molar-refractivity contribution in [3.05, 3.63) is 54.6 Å². The SMILES string of the molecule is Cn1cc(-c2cc3c(-c4cccc(C5=CCN(C(=O)OC(C)(C)C)CC5)n4)nn(C4CCCCO4)c3cn2)cn1. The van der Waals surface area contributed by atoms with Gasteiger partial charge in [0.2, 0.25) is 0 Å². The smallest absolute Gasteiger partial charge is 0.410 e. The molecule has 40 heavy (non-hydrogen) atoms. The molecule has 0 bridgehead atoms. The lowest BCUT2D eigenvalue weighted by Gasteiger charge is -2.29. The van der Waals surface area contributed by atoms with Crippen LogP contribution in [0.1, 0.15) is 58.4 Å². The minimum atomic E-state index is -0.516. The van der Waals surface area contributed by atoms with E-state index in [4.69, 9.17) is 24.5 Å². The average Bonchev–Trinajstić information content (AvgIpc) is 3.56. The molecule has 6 rings (SSSR count). The fourth-order valence-corrected chi connectivity index (χ4v) is 5.21. The van der Waals surface area contributed by atoms with Gasteiger partial charge >= 0.3 is 6.09 Å². The van der Waals surface area contributed by atoms with Gasteiger partial charge in [0.1, 0.15) is 11.3 Å². The Bertz CT molecular complexity index is 1570. The molecule has 6 heterocycles. The summed E-state index contributed by atoms with van der Waals surface area (Å²) >= 11 is 0. The fraction of sp³-hybridized carbons (Fsp3) is 0.433. The monoisotopic (exact) mass is 541 g/mol. The maximum atomic E-state index is 12.5. The van der Waals surface area contributed by atoms with Crippen molar-refractivity contribution in [2.75, 3.05) is 19.7 Å². The predicted octanol–water partition coefficient (Wildman–Crippen LogP) is 5.62. The molecule has 0 aromatic carbocycles. The van der Waals surface area contributed by atoms with Gasteiger partial charge in [0.15, 0.2) is 6.23 Å². The summed E-state index contributed by atoms with van der Waals surface area (Å²) in [5.41, 5.74) is 5.77. The zero-order valence-electron chi connectivity index (χ0n) is 23.5. The second-order valence-electron chi connectivity index (χ2n) is 11.4. The molecular formula is C30H35N7O3. The van der Waals surface area contributed by atoms with Crippen molar-refractivity contribution in [3.63, 3.8) is 0 Å². The molecule has 1 atom stereocenters. The molecule has 0 spiro atoms. The highest BCUT2D eigenvalue weighted by atomic mass is 16.6. The van der Waals surface area contributed by atoms with Gasteiger partial charge in [0.05, 0.1) is 35.0 Å². The molecule has 10 nitrogen and oxygen atoms in total. The highest BCUT2D eigenvalue weighted by Gasteiger charge is 2.26. The van der Waals surface area contributed by atoms with E-state index in [-0.39, 0.29) is 12.3 Å². The maximum absolute atomic E-state index is 12.5. The summed E-state index contributed by atoms with van der Waals surface area (Å²) in [5.74, 6) is 0. The van der Waals surface area contributed by atoms with E-state index in [1.165, 1.54) is 0 Å². The van der Waals surface area contributed by atoms with Gasteiger partial charge in [-0.2, -0.15) is 10.2 Å². The van der Waals surface area contributed by atoms with Crippen LogP contribution >= 0.6 is 0 Å². The molecule has 1 unspecified atom stereocenters. The van der Waals surface area contributed by atoms with Gasteiger partial charge < -0.3 is 14.4 Å². The van der Waals surface area contributed by atoms with Gasteiger partial charge in [-0.25, -0.2) is 14.5 Å². The Morgan fingerprint density at radius 1 is 1.12 bits per heavy atom. The Kier molecular flexibility index (Phi) is 6.87. The number of nitrogens with zero attached hydrogens (tertiary/aromatic N) is 7. The Morgan fingerprint density at radius 3 is 2.67 bits per heavy atom. The molecule has 1 amide bonds. The van der Waals surface area contributed by atoms with Crippen LogP contribution in [0.4, 0.5) is 4.79 Å². The second-order valence-corrected chi connectivity index (χ2v) is 11.4. The molecule has 10 heteroatoms. The van der Waals surface area contributed by atoms with Crippen molar-refractivity contribution in [1.29, 1.82) is 0 Å². The second kappa shape index (κ2) is 10.5. The van der Waals surface area contributed by atoms with Crippen LogP contribution in [0.25, 0.3) is 39.1 Å². The van der Waals surface area contributed by atoms with Crippen LogP contribution in [0.15, 0.2) is 48.9 Å². The highest BCUT2D eigenvalue weighted by molar-refractivity contribution is 5.94. The Labute approximate surface area is 233 Å². The van der Waals surface area contributed by atoms with Gasteiger partial charge in [-0.15, -0.1) is 0 Å². The number of pyridine rings is 2. The van der Waals surface area contributed by atoms with E-state index in [0.29, 0.717) is 19.5 Å².